The lowest BCUT2D eigenvalue weighted by molar-refractivity contribution is -0.134. The van der Waals surface area contributed by atoms with Gasteiger partial charge < -0.3 is 20.5 Å². The second kappa shape index (κ2) is 14.1. The molecule has 0 aliphatic carbocycles. The van der Waals surface area contributed by atoms with Crippen LogP contribution in [0.5, 0.6) is 0 Å². The van der Waals surface area contributed by atoms with Gasteiger partial charge in [0.05, 0.1) is 47.2 Å². The molecule has 1 aliphatic rings. The molecular weight excluding hydrogens is 572 g/mol. The molecular formula is C38H44N6O2. The van der Waals surface area contributed by atoms with Gasteiger partial charge in [-0.25, -0.2) is 4.98 Å². The Kier molecular flexibility index (Phi) is 10.0. The van der Waals surface area contributed by atoms with Crippen molar-refractivity contribution in [2.75, 3.05) is 19.6 Å². The van der Waals surface area contributed by atoms with Gasteiger partial charge in [-0.3, -0.25) is 9.59 Å². The number of nitrogens with zero attached hydrogens (tertiary/aromatic N) is 3. The number of hydrogen-bond acceptors (Lipinski definition) is 5. The predicted molar refractivity (Wildman–Crippen MR) is 180 cm³/mol. The van der Waals surface area contributed by atoms with Crippen molar-refractivity contribution in [3.05, 3.63) is 125 Å². The second-order valence-electron chi connectivity index (χ2n) is 13.7. The largest absolute Gasteiger partial charge is 0.351 e. The van der Waals surface area contributed by atoms with Crippen LogP contribution in [0.1, 0.15) is 68.0 Å². The Morgan fingerprint density at radius 3 is 1.96 bits per heavy atom. The zero-order valence-corrected chi connectivity index (χ0v) is 27.2. The summed E-state index contributed by atoms with van der Waals surface area (Å²) in [4.78, 5) is 37.6. The Hall–Kier alpha value is -4.74. The first-order chi connectivity index (χ1) is 22.0. The first kappa shape index (κ1) is 32.6. The summed E-state index contributed by atoms with van der Waals surface area (Å²) in [6.45, 7) is 9.73. The molecule has 1 aliphatic heterocycles. The average Bonchev–Trinajstić information content (AvgIpc) is 3.60. The van der Waals surface area contributed by atoms with Crippen molar-refractivity contribution < 1.29 is 9.59 Å². The lowest BCUT2D eigenvalue weighted by Crippen LogP contribution is -2.55. The minimum Gasteiger partial charge on any atom is -0.351 e. The smallest absolute Gasteiger partial charge is 0.225 e. The number of likely N-dealkylation sites (tertiary alicyclic amines) is 1. The molecule has 1 fully saturated rings. The minimum atomic E-state index is -0.788. The SMILES string of the molecule is CC(C)(C)NC(=O)[C@@H]1C[C@H](C(=O)NC(C)(Cc2ccc(C#N)cc2)c2cnc[nH]2)CN(CC(c2ccccc2)c2ccccc2)C1. The van der Waals surface area contributed by atoms with E-state index in [1.807, 2.05) is 52.0 Å². The summed E-state index contributed by atoms with van der Waals surface area (Å²) in [5, 5.41) is 15.8. The van der Waals surface area contributed by atoms with E-state index >= 15 is 0 Å². The zero-order chi connectivity index (χ0) is 32.7. The molecule has 3 N–H and O–H groups in total. The van der Waals surface area contributed by atoms with Gasteiger partial charge in [-0.2, -0.15) is 5.26 Å². The van der Waals surface area contributed by atoms with Crippen LogP contribution in [0.15, 0.2) is 97.5 Å². The molecule has 5 rings (SSSR count). The number of carbonyl (C=O) groups excluding carboxylic acids is 2. The van der Waals surface area contributed by atoms with Crippen LogP contribution in [0.25, 0.3) is 0 Å². The monoisotopic (exact) mass is 616 g/mol. The Labute approximate surface area is 272 Å². The van der Waals surface area contributed by atoms with Crippen LogP contribution in [-0.2, 0) is 21.5 Å². The minimum absolute atomic E-state index is 0.0279. The molecule has 0 bridgehead atoms. The summed E-state index contributed by atoms with van der Waals surface area (Å²) < 4.78 is 0. The Balaban J connectivity index is 1.42. The molecule has 1 saturated heterocycles. The van der Waals surface area contributed by atoms with E-state index in [2.05, 4.69) is 80.1 Å². The zero-order valence-electron chi connectivity index (χ0n) is 27.2. The van der Waals surface area contributed by atoms with E-state index in [9.17, 15) is 14.9 Å². The van der Waals surface area contributed by atoms with Gasteiger partial charge in [0.1, 0.15) is 0 Å². The number of piperidine rings is 1. The second-order valence-corrected chi connectivity index (χ2v) is 13.7. The standard InChI is InChI=1S/C38H44N6O2/c1-37(2,3)42-35(45)31-19-32(24-44(23-31)25-33(29-11-7-5-8-12-29)30-13-9-6-10-14-30)36(46)43-38(4,34-22-40-26-41-34)20-27-15-17-28(21-39)18-16-27/h5-18,22,26,31-33H,19-20,23-25H2,1-4H3,(H,40,41)(H,42,45)(H,43,46)/t31-,32+,38?/m1/s1. The predicted octanol–water partition coefficient (Wildman–Crippen LogP) is 5.54. The van der Waals surface area contributed by atoms with Crippen molar-refractivity contribution in [1.29, 1.82) is 5.26 Å². The number of nitriles is 1. The number of benzene rings is 3. The highest BCUT2D eigenvalue weighted by Gasteiger charge is 2.40. The number of hydrogen-bond donors (Lipinski definition) is 3. The summed E-state index contributed by atoms with van der Waals surface area (Å²) in [6, 6.07) is 30.4. The van der Waals surface area contributed by atoms with Gasteiger partial charge in [-0.1, -0.05) is 72.8 Å². The summed E-state index contributed by atoms with van der Waals surface area (Å²) in [5.74, 6) is -0.783. The Morgan fingerprint density at radius 2 is 1.46 bits per heavy atom. The molecule has 238 valence electrons. The van der Waals surface area contributed by atoms with Gasteiger partial charge >= 0.3 is 0 Å². The van der Waals surface area contributed by atoms with E-state index in [0.29, 0.717) is 38.0 Å². The van der Waals surface area contributed by atoms with Gasteiger partial charge in [0.15, 0.2) is 0 Å². The topological polar surface area (TPSA) is 114 Å². The van der Waals surface area contributed by atoms with Crippen LogP contribution in [-0.4, -0.2) is 51.9 Å². The maximum atomic E-state index is 14.3. The number of rotatable bonds is 10. The third-order valence-corrected chi connectivity index (χ3v) is 8.74. The average molecular weight is 617 g/mol. The molecule has 8 heteroatoms. The van der Waals surface area contributed by atoms with E-state index in [-0.39, 0.29) is 29.2 Å². The lowest BCUT2D eigenvalue weighted by Gasteiger charge is -2.40. The van der Waals surface area contributed by atoms with Crippen LogP contribution in [0.2, 0.25) is 0 Å². The van der Waals surface area contributed by atoms with E-state index in [0.717, 1.165) is 11.3 Å². The van der Waals surface area contributed by atoms with Gasteiger partial charge in [-0.05, 0) is 62.9 Å². The number of carbonyl (C=O) groups is 2. The Bertz CT molecular complexity index is 1590. The third-order valence-electron chi connectivity index (χ3n) is 8.74. The van der Waals surface area contributed by atoms with Crippen molar-refractivity contribution in [3.8, 4) is 6.07 Å². The van der Waals surface area contributed by atoms with Crippen molar-refractivity contribution in [1.82, 2.24) is 25.5 Å². The molecule has 1 aromatic heterocycles. The van der Waals surface area contributed by atoms with Crippen LogP contribution in [0, 0.1) is 23.2 Å². The van der Waals surface area contributed by atoms with E-state index < -0.39 is 11.5 Å². The van der Waals surface area contributed by atoms with Crippen LogP contribution < -0.4 is 10.6 Å². The Morgan fingerprint density at radius 1 is 0.891 bits per heavy atom. The van der Waals surface area contributed by atoms with Crippen LogP contribution >= 0.6 is 0 Å². The molecule has 3 atom stereocenters. The first-order valence-electron chi connectivity index (χ1n) is 16.0. The quantitative estimate of drug-likeness (QED) is 0.217. The molecule has 0 saturated carbocycles. The number of imidazole rings is 1. The van der Waals surface area contributed by atoms with Gasteiger partial charge in [0.25, 0.3) is 0 Å². The fourth-order valence-electron chi connectivity index (χ4n) is 6.47. The molecule has 2 heterocycles. The van der Waals surface area contributed by atoms with Crippen molar-refractivity contribution >= 4 is 11.8 Å². The summed E-state index contributed by atoms with van der Waals surface area (Å²) >= 11 is 0. The summed E-state index contributed by atoms with van der Waals surface area (Å²) in [6.07, 6.45) is 4.31. The molecule has 0 spiro atoms. The molecule has 8 nitrogen and oxygen atoms in total. The van der Waals surface area contributed by atoms with E-state index in [4.69, 9.17) is 0 Å². The van der Waals surface area contributed by atoms with E-state index in [1.54, 1.807) is 24.7 Å². The number of nitrogens with one attached hydrogen (secondary N) is 3. The highest BCUT2D eigenvalue weighted by molar-refractivity contribution is 5.83. The summed E-state index contributed by atoms with van der Waals surface area (Å²) in [5.41, 5.74) is 3.58. The van der Waals surface area contributed by atoms with E-state index in [1.165, 1.54) is 11.1 Å². The number of aromatic amines is 1. The maximum Gasteiger partial charge on any atom is 0.225 e. The van der Waals surface area contributed by atoms with Gasteiger partial charge in [0.2, 0.25) is 11.8 Å². The first-order valence-corrected chi connectivity index (χ1v) is 16.0. The molecule has 4 aromatic rings. The third kappa shape index (κ3) is 8.29. The number of aromatic nitrogens is 2. The van der Waals surface area contributed by atoms with Gasteiger partial charge in [-0.15, -0.1) is 0 Å². The number of amides is 2. The van der Waals surface area contributed by atoms with Crippen LogP contribution in [0.3, 0.4) is 0 Å². The molecule has 2 amide bonds. The fraction of sp³-hybridized carbons (Fsp3) is 0.368. The highest BCUT2D eigenvalue weighted by atomic mass is 16.2. The summed E-state index contributed by atoms with van der Waals surface area (Å²) in [7, 11) is 0. The normalized spacial score (nSPS) is 18.3. The van der Waals surface area contributed by atoms with Gasteiger partial charge in [0, 0.05) is 37.5 Å². The van der Waals surface area contributed by atoms with Crippen molar-refractivity contribution in [2.24, 2.45) is 11.8 Å². The van der Waals surface area contributed by atoms with Crippen molar-refractivity contribution in [3.63, 3.8) is 0 Å². The molecule has 3 aromatic carbocycles. The van der Waals surface area contributed by atoms with Crippen LogP contribution in [0.4, 0.5) is 0 Å². The maximum absolute atomic E-state index is 14.3. The molecule has 1 unspecified atom stereocenters. The molecule has 46 heavy (non-hydrogen) atoms. The number of H-pyrrole nitrogens is 1. The molecule has 0 radical (unpaired) electrons. The van der Waals surface area contributed by atoms with Crippen molar-refractivity contribution in [2.45, 2.75) is 57.5 Å². The lowest BCUT2D eigenvalue weighted by atomic mass is 9.83. The highest BCUT2D eigenvalue weighted by Crippen LogP contribution is 2.31. The fourth-order valence-corrected chi connectivity index (χ4v) is 6.47.